The smallest absolute Gasteiger partial charge is 0.156 e. The Morgan fingerprint density at radius 1 is 0.833 bits per heavy atom. The third-order valence-corrected chi connectivity index (χ3v) is 4.97. The van der Waals surface area contributed by atoms with Gasteiger partial charge in [-0.1, -0.05) is 74.0 Å². The van der Waals surface area contributed by atoms with E-state index in [2.05, 4.69) is 31.2 Å². The summed E-state index contributed by atoms with van der Waals surface area (Å²) in [6.07, 6.45) is 1.70. The summed E-state index contributed by atoms with van der Waals surface area (Å²) in [7, 11) is -2.37. The Balaban J connectivity index is 2.34. The van der Waals surface area contributed by atoms with E-state index in [1.165, 1.54) is 0 Å². The highest BCUT2D eigenvalue weighted by molar-refractivity contribution is 7.47. The molecule has 3 rings (SSSR count). The SMILES string of the molecule is CCCc1c([P+](=O)O)ccc(-c2ccccc2)c1-c1ccccc1. The van der Waals surface area contributed by atoms with Crippen molar-refractivity contribution in [2.45, 2.75) is 19.8 Å². The van der Waals surface area contributed by atoms with Crippen molar-refractivity contribution in [1.29, 1.82) is 0 Å². The minimum absolute atomic E-state index is 0.547. The van der Waals surface area contributed by atoms with E-state index < -0.39 is 8.03 Å². The molecule has 0 aliphatic heterocycles. The number of hydrogen-bond acceptors (Lipinski definition) is 1. The molecule has 1 unspecified atom stereocenters. The lowest BCUT2D eigenvalue weighted by Gasteiger charge is -2.15. The Morgan fingerprint density at radius 2 is 1.42 bits per heavy atom. The van der Waals surface area contributed by atoms with E-state index in [0.29, 0.717) is 5.30 Å². The second-order valence-corrected chi connectivity index (χ2v) is 6.77. The third-order valence-electron chi connectivity index (χ3n) is 4.14. The molecule has 3 heteroatoms. The second kappa shape index (κ2) is 7.53. The molecule has 0 aliphatic carbocycles. The van der Waals surface area contributed by atoms with Crippen LogP contribution < -0.4 is 5.30 Å². The fraction of sp³-hybridized carbons (Fsp3) is 0.143. The predicted octanol–water partition coefficient (Wildman–Crippen LogP) is 5.33. The molecule has 0 spiro atoms. The van der Waals surface area contributed by atoms with Crippen LogP contribution in [0.2, 0.25) is 0 Å². The van der Waals surface area contributed by atoms with Crippen molar-refractivity contribution in [2.24, 2.45) is 0 Å². The zero-order valence-corrected chi connectivity index (χ0v) is 14.5. The summed E-state index contributed by atoms with van der Waals surface area (Å²) in [6.45, 7) is 2.10. The van der Waals surface area contributed by atoms with E-state index in [1.807, 2.05) is 42.5 Å². The third kappa shape index (κ3) is 3.31. The summed E-state index contributed by atoms with van der Waals surface area (Å²) in [5.74, 6) is 0. The highest BCUT2D eigenvalue weighted by atomic mass is 31.1. The molecule has 3 aromatic rings. The lowest BCUT2D eigenvalue weighted by atomic mass is 9.89. The number of benzene rings is 3. The van der Waals surface area contributed by atoms with Gasteiger partial charge in [0.05, 0.1) is 0 Å². The minimum Gasteiger partial charge on any atom is -0.156 e. The molecular formula is C21H20O2P+. The first-order valence-corrected chi connectivity index (χ1v) is 9.36. The Bertz CT molecular complexity index is 842. The summed E-state index contributed by atoms with van der Waals surface area (Å²) >= 11 is 0. The van der Waals surface area contributed by atoms with Crippen LogP contribution in [0.15, 0.2) is 72.8 Å². The van der Waals surface area contributed by atoms with Gasteiger partial charge in [0.1, 0.15) is 0 Å². The lowest BCUT2D eigenvalue weighted by molar-refractivity contribution is 0.513. The van der Waals surface area contributed by atoms with Crippen molar-refractivity contribution in [3.63, 3.8) is 0 Å². The molecule has 0 fully saturated rings. The van der Waals surface area contributed by atoms with Gasteiger partial charge in [-0.05, 0) is 45.4 Å². The molecule has 0 amide bonds. The maximum absolute atomic E-state index is 11.9. The highest BCUT2D eigenvalue weighted by Crippen LogP contribution is 2.37. The molecule has 0 bridgehead atoms. The summed E-state index contributed by atoms with van der Waals surface area (Å²) in [6, 6.07) is 24.1. The maximum Gasteiger partial charge on any atom is 0.546 e. The van der Waals surface area contributed by atoms with Crippen LogP contribution in [-0.2, 0) is 11.0 Å². The molecule has 24 heavy (non-hydrogen) atoms. The van der Waals surface area contributed by atoms with E-state index in [-0.39, 0.29) is 0 Å². The summed E-state index contributed by atoms with van der Waals surface area (Å²) in [5.41, 5.74) is 5.35. The van der Waals surface area contributed by atoms with Crippen LogP contribution in [-0.4, -0.2) is 4.89 Å². The Hall–Kier alpha value is -2.28. The Kier molecular flexibility index (Phi) is 5.20. The average Bonchev–Trinajstić information content (AvgIpc) is 2.63. The zero-order chi connectivity index (χ0) is 16.9. The summed E-state index contributed by atoms with van der Waals surface area (Å²) in [4.78, 5) is 9.77. The first kappa shape index (κ1) is 16.6. The minimum atomic E-state index is -2.37. The topological polar surface area (TPSA) is 37.3 Å². The van der Waals surface area contributed by atoms with E-state index in [1.54, 1.807) is 6.07 Å². The first-order valence-electron chi connectivity index (χ1n) is 8.15. The quantitative estimate of drug-likeness (QED) is 0.640. The molecule has 120 valence electrons. The first-order chi connectivity index (χ1) is 11.7. The van der Waals surface area contributed by atoms with Gasteiger partial charge in [0.2, 0.25) is 5.30 Å². The molecule has 0 radical (unpaired) electrons. The monoisotopic (exact) mass is 335 g/mol. The van der Waals surface area contributed by atoms with Gasteiger partial charge in [-0.2, -0.15) is 4.89 Å². The van der Waals surface area contributed by atoms with Gasteiger partial charge in [0.25, 0.3) is 0 Å². The molecule has 0 saturated carbocycles. The number of rotatable bonds is 5. The molecule has 1 atom stereocenters. The standard InChI is InChI=1S/C21H19O2P/c1-2-9-19-20(24(22)23)15-14-18(16-10-5-3-6-11-16)21(19)17-12-7-4-8-13-17/h3-8,10-15H,2,9H2,1H3/p+1. The van der Waals surface area contributed by atoms with Gasteiger partial charge in [-0.3, -0.25) is 0 Å². The molecule has 0 aromatic heterocycles. The fourth-order valence-electron chi connectivity index (χ4n) is 3.11. The van der Waals surface area contributed by atoms with Crippen LogP contribution in [0.5, 0.6) is 0 Å². The predicted molar refractivity (Wildman–Crippen MR) is 101 cm³/mol. The van der Waals surface area contributed by atoms with Gasteiger partial charge < -0.3 is 0 Å². The Labute approximate surface area is 143 Å². The van der Waals surface area contributed by atoms with Crippen molar-refractivity contribution < 1.29 is 9.46 Å². The largest absolute Gasteiger partial charge is 0.546 e. The molecule has 1 N–H and O–H groups in total. The van der Waals surface area contributed by atoms with Crippen LogP contribution in [0, 0.1) is 0 Å². The normalized spacial score (nSPS) is 11.3. The van der Waals surface area contributed by atoms with E-state index in [0.717, 1.165) is 40.7 Å². The molecule has 3 aromatic carbocycles. The van der Waals surface area contributed by atoms with E-state index >= 15 is 0 Å². The highest BCUT2D eigenvalue weighted by Gasteiger charge is 2.26. The van der Waals surface area contributed by atoms with E-state index in [4.69, 9.17) is 0 Å². The number of hydrogen-bond donors (Lipinski definition) is 1. The van der Waals surface area contributed by atoms with Crippen LogP contribution in [0.25, 0.3) is 22.3 Å². The average molecular weight is 335 g/mol. The van der Waals surface area contributed by atoms with Crippen LogP contribution in [0.3, 0.4) is 0 Å². The van der Waals surface area contributed by atoms with Crippen molar-refractivity contribution >= 4 is 13.3 Å². The zero-order valence-electron chi connectivity index (χ0n) is 13.6. The Morgan fingerprint density at radius 3 is 1.96 bits per heavy atom. The van der Waals surface area contributed by atoms with Gasteiger partial charge in [-0.25, -0.2) is 0 Å². The second-order valence-electron chi connectivity index (χ2n) is 5.74. The van der Waals surface area contributed by atoms with Gasteiger partial charge >= 0.3 is 8.03 Å². The molecule has 0 saturated heterocycles. The fourth-order valence-corrected chi connectivity index (χ4v) is 3.77. The molecule has 2 nitrogen and oxygen atoms in total. The lowest BCUT2D eigenvalue weighted by Crippen LogP contribution is -2.09. The van der Waals surface area contributed by atoms with Gasteiger partial charge in [-0.15, -0.1) is 0 Å². The van der Waals surface area contributed by atoms with Gasteiger partial charge in [0.15, 0.2) is 0 Å². The summed E-state index contributed by atoms with van der Waals surface area (Å²) in [5, 5.41) is 0.547. The summed E-state index contributed by atoms with van der Waals surface area (Å²) < 4.78 is 11.9. The molecular weight excluding hydrogens is 315 g/mol. The molecule has 0 aliphatic rings. The van der Waals surface area contributed by atoms with Crippen molar-refractivity contribution in [2.75, 3.05) is 0 Å². The van der Waals surface area contributed by atoms with Crippen molar-refractivity contribution in [3.05, 3.63) is 78.4 Å². The van der Waals surface area contributed by atoms with Gasteiger partial charge in [0, 0.05) is 5.56 Å². The van der Waals surface area contributed by atoms with Crippen LogP contribution in [0.1, 0.15) is 18.9 Å². The van der Waals surface area contributed by atoms with Crippen molar-refractivity contribution in [3.8, 4) is 22.3 Å². The van der Waals surface area contributed by atoms with Crippen LogP contribution >= 0.6 is 8.03 Å². The molecule has 0 heterocycles. The van der Waals surface area contributed by atoms with Crippen LogP contribution in [0.4, 0.5) is 0 Å². The van der Waals surface area contributed by atoms with Crippen molar-refractivity contribution in [1.82, 2.24) is 0 Å². The van der Waals surface area contributed by atoms with E-state index in [9.17, 15) is 9.46 Å². The maximum atomic E-state index is 11.9.